The molecule has 2 N–H and O–H groups in total. The standard InChI is InChI=1S/C13H11Cl2N.ClH/c14-11-7-3-1-5-9(11)13(16)10-6-2-4-8-12(10)15;/h1-8,13H,16H2;1H. The maximum Gasteiger partial charge on any atom is 0.0581 e. The van der Waals surface area contributed by atoms with Crippen LogP contribution in [0.1, 0.15) is 17.2 Å². The maximum atomic E-state index is 6.15. The summed E-state index contributed by atoms with van der Waals surface area (Å²) in [5, 5.41) is 1.32. The van der Waals surface area contributed by atoms with E-state index in [2.05, 4.69) is 0 Å². The molecular formula is C13H12Cl3N. The highest BCUT2D eigenvalue weighted by atomic mass is 35.5. The number of nitrogens with two attached hydrogens (primary N) is 1. The molecule has 90 valence electrons. The fourth-order valence-corrected chi connectivity index (χ4v) is 2.13. The second kappa shape index (κ2) is 6.27. The summed E-state index contributed by atoms with van der Waals surface area (Å²) in [5.74, 6) is 0. The fourth-order valence-electron chi connectivity index (χ4n) is 1.62. The predicted octanol–water partition coefficient (Wildman–Crippen LogP) is 4.46. The minimum Gasteiger partial charge on any atom is -0.320 e. The Morgan fingerprint density at radius 3 is 1.47 bits per heavy atom. The molecule has 0 saturated heterocycles. The largest absolute Gasteiger partial charge is 0.320 e. The molecule has 0 fully saturated rings. The van der Waals surface area contributed by atoms with Crippen molar-refractivity contribution in [3.63, 3.8) is 0 Å². The molecule has 0 spiro atoms. The lowest BCUT2D eigenvalue weighted by atomic mass is 10.00. The van der Waals surface area contributed by atoms with Gasteiger partial charge in [0.1, 0.15) is 0 Å². The Kier molecular flexibility index (Phi) is 5.29. The van der Waals surface area contributed by atoms with Gasteiger partial charge in [0.25, 0.3) is 0 Å². The van der Waals surface area contributed by atoms with Crippen molar-refractivity contribution in [3.8, 4) is 0 Å². The van der Waals surface area contributed by atoms with Crippen LogP contribution in [0.3, 0.4) is 0 Å². The van der Waals surface area contributed by atoms with E-state index in [0.29, 0.717) is 10.0 Å². The van der Waals surface area contributed by atoms with E-state index in [1.54, 1.807) is 0 Å². The van der Waals surface area contributed by atoms with E-state index in [-0.39, 0.29) is 18.4 Å². The average molecular weight is 289 g/mol. The van der Waals surface area contributed by atoms with Gasteiger partial charge in [-0.2, -0.15) is 0 Å². The van der Waals surface area contributed by atoms with Gasteiger partial charge < -0.3 is 5.73 Å². The molecule has 0 aromatic heterocycles. The molecule has 1 nitrogen and oxygen atoms in total. The van der Waals surface area contributed by atoms with Crippen molar-refractivity contribution in [1.82, 2.24) is 0 Å². The van der Waals surface area contributed by atoms with Gasteiger partial charge in [-0.25, -0.2) is 0 Å². The van der Waals surface area contributed by atoms with Crippen LogP contribution in [0.15, 0.2) is 48.5 Å². The van der Waals surface area contributed by atoms with Gasteiger partial charge in [-0.05, 0) is 23.3 Å². The number of halogens is 3. The molecule has 2 aromatic carbocycles. The van der Waals surface area contributed by atoms with Crippen molar-refractivity contribution < 1.29 is 0 Å². The van der Waals surface area contributed by atoms with E-state index in [1.165, 1.54) is 0 Å². The van der Waals surface area contributed by atoms with Gasteiger partial charge in [0.15, 0.2) is 0 Å². The molecule has 0 unspecified atom stereocenters. The van der Waals surface area contributed by atoms with Crippen LogP contribution < -0.4 is 5.73 Å². The third-order valence-electron chi connectivity index (χ3n) is 2.48. The Morgan fingerprint density at radius 1 is 0.765 bits per heavy atom. The molecule has 0 heterocycles. The topological polar surface area (TPSA) is 26.0 Å². The number of hydrogen-bond donors (Lipinski definition) is 1. The fraction of sp³-hybridized carbons (Fsp3) is 0.0769. The van der Waals surface area contributed by atoms with Crippen LogP contribution >= 0.6 is 35.6 Å². The van der Waals surface area contributed by atoms with Gasteiger partial charge in [-0.3, -0.25) is 0 Å². The van der Waals surface area contributed by atoms with Gasteiger partial charge in [0, 0.05) is 10.0 Å². The smallest absolute Gasteiger partial charge is 0.0581 e. The van der Waals surface area contributed by atoms with Crippen molar-refractivity contribution in [3.05, 3.63) is 69.7 Å². The molecule has 4 heteroatoms. The SMILES string of the molecule is Cl.NC(c1ccccc1Cl)c1ccccc1Cl. The van der Waals surface area contributed by atoms with Crippen molar-refractivity contribution >= 4 is 35.6 Å². The van der Waals surface area contributed by atoms with Gasteiger partial charge >= 0.3 is 0 Å². The zero-order chi connectivity index (χ0) is 11.5. The summed E-state index contributed by atoms with van der Waals surface area (Å²) in [6, 6.07) is 14.8. The summed E-state index contributed by atoms with van der Waals surface area (Å²) in [5.41, 5.74) is 7.92. The number of rotatable bonds is 2. The molecule has 0 atom stereocenters. The minimum atomic E-state index is -0.289. The van der Waals surface area contributed by atoms with Crippen molar-refractivity contribution in [2.24, 2.45) is 5.73 Å². The summed E-state index contributed by atoms with van der Waals surface area (Å²) >= 11 is 12.2. The summed E-state index contributed by atoms with van der Waals surface area (Å²) < 4.78 is 0. The van der Waals surface area contributed by atoms with Gasteiger partial charge in [0.05, 0.1) is 6.04 Å². The van der Waals surface area contributed by atoms with Gasteiger partial charge in [-0.15, -0.1) is 12.4 Å². The molecule has 2 aromatic rings. The molecule has 2 rings (SSSR count). The van der Waals surface area contributed by atoms with E-state index in [9.17, 15) is 0 Å². The molecule has 0 aliphatic rings. The third-order valence-corrected chi connectivity index (χ3v) is 3.17. The van der Waals surface area contributed by atoms with Crippen LogP contribution in [-0.4, -0.2) is 0 Å². The van der Waals surface area contributed by atoms with Crippen molar-refractivity contribution in [2.45, 2.75) is 6.04 Å². The van der Waals surface area contributed by atoms with E-state index in [0.717, 1.165) is 11.1 Å². The second-order valence-electron chi connectivity index (χ2n) is 3.52. The second-order valence-corrected chi connectivity index (χ2v) is 4.34. The average Bonchev–Trinajstić information content (AvgIpc) is 2.29. The zero-order valence-corrected chi connectivity index (χ0v) is 11.3. The zero-order valence-electron chi connectivity index (χ0n) is 8.94. The van der Waals surface area contributed by atoms with Crippen LogP contribution in [0.25, 0.3) is 0 Å². The number of hydrogen-bond acceptors (Lipinski definition) is 1. The molecule has 0 amide bonds. The Balaban J connectivity index is 0.00000144. The molecule has 0 bridgehead atoms. The molecule has 17 heavy (non-hydrogen) atoms. The summed E-state index contributed by atoms with van der Waals surface area (Å²) in [4.78, 5) is 0. The van der Waals surface area contributed by atoms with Gasteiger partial charge in [0.2, 0.25) is 0 Å². The van der Waals surface area contributed by atoms with Crippen LogP contribution in [-0.2, 0) is 0 Å². The molecule has 0 aliphatic heterocycles. The van der Waals surface area contributed by atoms with E-state index >= 15 is 0 Å². The normalized spacial score (nSPS) is 10.1. The van der Waals surface area contributed by atoms with Crippen LogP contribution in [0, 0.1) is 0 Å². The molecule has 0 aliphatic carbocycles. The highest BCUT2D eigenvalue weighted by Crippen LogP contribution is 2.30. The quantitative estimate of drug-likeness (QED) is 0.867. The van der Waals surface area contributed by atoms with E-state index < -0.39 is 0 Å². The van der Waals surface area contributed by atoms with Gasteiger partial charge in [-0.1, -0.05) is 59.6 Å². The Labute approximate surface area is 117 Å². The first-order valence-electron chi connectivity index (χ1n) is 4.94. The Morgan fingerprint density at radius 2 is 1.12 bits per heavy atom. The maximum absolute atomic E-state index is 6.15. The first kappa shape index (κ1) is 14.3. The lowest BCUT2D eigenvalue weighted by molar-refractivity contribution is 0.872. The lowest BCUT2D eigenvalue weighted by Crippen LogP contribution is -2.12. The van der Waals surface area contributed by atoms with Crippen LogP contribution in [0.2, 0.25) is 10.0 Å². The van der Waals surface area contributed by atoms with Crippen LogP contribution in [0.5, 0.6) is 0 Å². The highest BCUT2D eigenvalue weighted by Gasteiger charge is 2.14. The lowest BCUT2D eigenvalue weighted by Gasteiger charge is -2.15. The number of benzene rings is 2. The van der Waals surface area contributed by atoms with Crippen molar-refractivity contribution in [2.75, 3.05) is 0 Å². The highest BCUT2D eigenvalue weighted by molar-refractivity contribution is 6.32. The minimum absolute atomic E-state index is 0. The van der Waals surface area contributed by atoms with Crippen LogP contribution in [0.4, 0.5) is 0 Å². The Bertz CT molecular complexity index is 454. The monoisotopic (exact) mass is 287 g/mol. The van der Waals surface area contributed by atoms with E-state index in [1.807, 2.05) is 48.5 Å². The molecule has 0 saturated carbocycles. The molecular weight excluding hydrogens is 277 g/mol. The first-order valence-corrected chi connectivity index (χ1v) is 5.70. The third kappa shape index (κ3) is 3.14. The summed E-state index contributed by atoms with van der Waals surface area (Å²) in [6.07, 6.45) is 0. The van der Waals surface area contributed by atoms with Crippen molar-refractivity contribution in [1.29, 1.82) is 0 Å². The first-order chi connectivity index (χ1) is 7.70. The molecule has 0 radical (unpaired) electrons. The predicted molar refractivity (Wildman–Crippen MR) is 76.2 cm³/mol. The summed E-state index contributed by atoms with van der Waals surface area (Å²) in [6.45, 7) is 0. The Hall–Kier alpha value is -0.730. The summed E-state index contributed by atoms with van der Waals surface area (Å²) in [7, 11) is 0. The van der Waals surface area contributed by atoms with E-state index in [4.69, 9.17) is 28.9 Å².